The molecule has 0 radical (unpaired) electrons. The molecule has 0 saturated carbocycles. The number of aliphatic hydroxyl groups excluding tert-OH is 2. The van der Waals surface area contributed by atoms with Gasteiger partial charge in [-0.05, 0) is 68.1 Å². The van der Waals surface area contributed by atoms with Crippen LogP contribution in [0.25, 0.3) is 0 Å². The molecule has 0 saturated heterocycles. The number of aliphatic hydroxyl groups is 2. The van der Waals surface area contributed by atoms with E-state index in [0.717, 1.165) is 24.2 Å². The fourth-order valence-corrected chi connectivity index (χ4v) is 4.04. The van der Waals surface area contributed by atoms with Gasteiger partial charge in [0.2, 0.25) is 0 Å². The predicted molar refractivity (Wildman–Crippen MR) is 130 cm³/mol. The predicted octanol–water partition coefficient (Wildman–Crippen LogP) is 6.33. The van der Waals surface area contributed by atoms with E-state index in [2.05, 4.69) is 45.2 Å². The quantitative estimate of drug-likeness (QED) is 0.346. The molecular weight excluding hydrogens is 519 g/mol. The summed E-state index contributed by atoms with van der Waals surface area (Å²) in [6.45, 7) is 10.7. The minimum Gasteiger partial charge on any atom is -0.389 e. The minimum atomic E-state index is -0.520. The average molecular weight is 548 g/mol. The van der Waals surface area contributed by atoms with Gasteiger partial charge in [-0.2, -0.15) is 0 Å². The van der Waals surface area contributed by atoms with Crippen molar-refractivity contribution < 1.29 is 19.8 Å². The van der Waals surface area contributed by atoms with Crippen molar-refractivity contribution in [1.82, 2.24) is 0 Å². The van der Waals surface area contributed by atoms with Crippen molar-refractivity contribution >= 4 is 52.0 Å². The zero-order valence-corrected chi connectivity index (χ0v) is 21.8. The number of carbonyl (C=O) groups is 2. The molecule has 4 nitrogen and oxygen atoms in total. The van der Waals surface area contributed by atoms with Crippen LogP contribution in [0.2, 0.25) is 0 Å². The van der Waals surface area contributed by atoms with E-state index in [4.69, 9.17) is 0 Å². The molecule has 0 aliphatic heterocycles. The van der Waals surface area contributed by atoms with Gasteiger partial charge in [-0.3, -0.25) is 9.59 Å². The van der Waals surface area contributed by atoms with Crippen LogP contribution in [-0.4, -0.2) is 35.1 Å². The Morgan fingerprint density at radius 2 is 1.10 bits per heavy atom. The number of hydrogen-bond acceptors (Lipinski definition) is 4. The fraction of sp³-hybridized carbons (Fsp3) is 0.364. The highest BCUT2D eigenvalue weighted by molar-refractivity contribution is 9.11. The van der Waals surface area contributed by atoms with Gasteiger partial charge in [0.1, 0.15) is 0 Å². The fourth-order valence-electron chi connectivity index (χ4n) is 2.29. The van der Waals surface area contributed by atoms with Crippen LogP contribution in [0.3, 0.4) is 0 Å². The maximum Gasteiger partial charge on any atom is 0.160 e. The Balaban J connectivity index is 0.000000477. The van der Waals surface area contributed by atoms with E-state index in [1.165, 1.54) is 13.8 Å². The first-order valence-electron chi connectivity index (χ1n) is 9.02. The largest absolute Gasteiger partial charge is 0.389 e. The van der Waals surface area contributed by atoms with Crippen LogP contribution in [0.15, 0.2) is 45.3 Å². The van der Waals surface area contributed by atoms with Gasteiger partial charge in [-0.1, -0.05) is 52.3 Å². The van der Waals surface area contributed by atoms with Crippen molar-refractivity contribution in [2.24, 2.45) is 0 Å². The van der Waals surface area contributed by atoms with Crippen LogP contribution in [0.5, 0.6) is 0 Å². The molecule has 2 unspecified atom stereocenters. The first-order valence-corrected chi connectivity index (χ1v) is 12.6. The van der Waals surface area contributed by atoms with Gasteiger partial charge in [-0.25, -0.2) is 0 Å². The van der Waals surface area contributed by atoms with E-state index in [1.807, 2.05) is 18.2 Å². The van der Waals surface area contributed by atoms with Crippen LogP contribution < -0.4 is 0 Å². The molecule has 0 spiro atoms. The highest BCUT2D eigenvalue weighted by atomic mass is 79.9. The van der Waals surface area contributed by atoms with Gasteiger partial charge in [0, 0.05) is 20.1 Å². The molecule has 0 fully saturated rings. The van der Waals surface area contributed by atoms with Crippen molar-refractivity contribution in [2.45, 2.75) is 39.9 Å². The van der Waals surface area contributed by atoms with Crippen molar-refractivity contribution in [3.05, 3.63) is 67.6 Å². The van der Waals surface area contributed by atoms with Gasteiger partial charge in [0.05, 0.1) is 12.2 Å². The van der Waals surface area contributed by atoms with E-state index in [1.54, 1.807) is 32.0 Å². The second kappa shape index (κ2) is 14.2. The van der Waals surface area contributed by atoms with Gasteiger partial charge >= 0.3 is 0 Å². The molecule has 7 heteroatoms. The van der Waals surface area contributed by atoms with E-state index >= 15 is 0 Å². The monoisotopic (exact) mass is 546 g/mol. The summed E-state index contributed by atoms with van der Waals surface area (Å²) in [6, 6.07) is 10.6. The summed E-state index contributed by atoms with van der Waals surface area (Å²) in [5, 5.41) is 18.8. The molecule has 0 aliphatic rings. The van der Waals surface area contributed by atoms with Crippen LogP contribution in [-0.2, 0) is 0 Å². The summed E-state index contributed by atoms with van der Waals surface area (Å²) >= 11 is 6.60. The first kappa shape index (κ1) is 28.1. The van der Waals surface area contributed by atoms with E-state index in [0.29, 0.717) is 15.6 Å². The highest BCUT2D eigenvalue weighted by Crippen LogP contribution is 2.30. The van der Waals surface area contributed by atoms with Crippen molar-refractivity contribution in [3.63, 3.8) is 0 Å². The number of rotatable bonds is 4. The summed E-state index contributed by atoms with van der Waals surface area (Å²) in [5.74, 6) is -0.0926. The molecule has 0 amide bonds. The Kier molecular flexibility index (Phi) is 13.7. The lowest BCUT2D eigenvalue weighted by Gasteiger charge is -2.13. The number of carbonyl (C=O) groups excluding carboxylic acids is 2. The lowest BCUT2D eigenvalue weighted by molar-refractivity contribution is 0.101. The van der Waals surface area contributed by atoms with Crippen LogP contribution in [0, 0.1) is 0 Å². The number of Topliss-reactive ketones (excluding diaryl/α,β-unsaturated/α-hetero) is 2. The highest BCUT2D eigenvalue weighted by Gasteiger charge is 2.12. The lowest BCUT2D eigenvalue weighted by atomic mass is 10.0. The molecule has 2 atom stereocenters. The number of hydrogen-bond donors (Lipinski definition) is 2. The molecule has 29 heavy (non-hydrogen) atoms. The molecule has 160 valence electrons. The van der Waals surface area contributed by atoms with Crippen molar-refractivity contribution in [1.29, 1.82) is 0 Å². The zero-order chi connectivity index (χ0) is 22.7. The second-order valence-electron chi connectivity index (χ2n) is 6.38. The van der Waals surface area contributed by atoms with Crippen molar-refractivity contribution in [2.75, 3.05) is 13.3 Å². The number of ketones is 2. The van der Waals surface area contributed by atoms with Gasteiger partial charge in [-0.15, -0.1) is 8.58 Å². The SMILES string of the molecule is CC(=O)c1cccc(C(C)=O)c1Br.CC(O)c1cccc(C(C)O)c1Br.CPC. The van der Waals surface area contributed by atoms with E-state index in [-0.39, 0.29) is 11.6 Å². The van der Waals surface area contributed by atoms with Crippen molar-refractivity contribution in [3.8, 4) is 0 Å². The molecule has 2 aromatic carbocycles. The summed E-state index contributed by atoms with van der Waals surface area (Å²) < 4.78 is 1.38. The third-order valence-corrected chi connectivity index (χ3v) is 5.49. The Labute approximate surface area is 192 Å². The van der Waals surface area contributed by atoms with Crippen LogP contribution >= 0.6 is 40.4 Å². The topological polar surface area (TPSA) is 74.6 Å². The minimum absolute atomic E-state index is 0.0463. The van der Waals surface area contributed by atoms with E-state index in [9.17, 15) is 19.8 Å². The van der Waals surface area contributed by atoms with Crippen LogP contribution in [0.4, 0.5) is 0 Å². The standard InChI is InChI=1S/C10H13BrO2.C10H9BrO2.C2H7P/c2*1-6(12)8-4-3-5-9(7(2)13)10(8)11;1-3-2/h3-7,12-13H,1-2H3;3-5H,1-2H3;3H,1-2H3. The van der Waals surface area contributed by atoms with E-state index < -0.39 is 12.2 Å². The Morgan fingerprint density at radius 3 is 1.38 bits per heavy atom. The molecule has 0 bridgehead atoms. The number of halogens is 2. The zero-order valence-electron chi connectivity index (χ0n) is 17.6. The third-order valence-electron chi connectivity index (χ3n) is 3.72. The Hall–Kier alpha value is -0.910. The molecule has 2 N–H and O–H groups in total. The second-order valence-corrected chi connectivity index (χ2v) is 8.97. The van der Waals surface area contributed by atoms with Crippen LogP contribution in [0.1, 0.15) is 71.7 Å². The first-order chi connectivity index (χ1) is 13.5. The van der Waals surface area contributed by atoms with Gasteiger partial charge < -0.3 is 10.2 Å². The average Bonchev–Trinajstić information content (AvgIpc) is 2.62. The molecule has 0 aliphatic carbocycles. The maximum absolute atomic E-state index is 11.1. The summed E-state index contributed by atoms with van der Waals surface area (Å²) in [5.41, 5.74) is 2.71. The molecular formula is C22H29Br2O4P. The smallest absolute Gasteiger partial charge is 0.160 e. The maximum atomic E-state index is 11.1. The van der Waals surface area contributed by atoms with Gasteiger partial charge in [0.25, 0.3) is 0 Å². The molecule has 2 aromatic rings. The normalized spacial score (nSPS) is 11.9. The molecule has 0 aromatic heterocycles. The Morgan fingerprint density at radius 1 is 0.793 bits per heavy atom. The third kappa shape index (κ3) is 9.18. The summed E-state index contributed by atoms with van der Waals surface area (Å²) in [6.07, 6.45) is -1.04. The Bertz CT molecular complexity index is 762. The number of benzene rings is 2. The lowest BCUT2D eigenvalue weighted by Crippen LogP contribution is -2.00. The molecule has 0 heterocycles. The molecule has 2 rings (SSSR count). The van der Waals surface area contributed by atoms with Gasteiger partial charge in [0.15, 0.2) is 11.6 Å². The summed E-state index contributed by atoms with van der Waals surface area (Å²) in [4.78, 5) is 22.2. The summed E-state index contributed by atoms with van der Waals surface area (Å²) in [7, 11) is 1.08.